The number of carboxylic acid groups (broad SMARTS) is 2. The summed E-state index contributed by atoms with van der Waals surface area (Å²) in [5, 5.41) is 20.6. The van der Waals surface area contributed by atoms with Gasteiger partial charge in [-0.3, -0.25) is 24.4 Å². The van der Waals surface area contributed by atoms with Crippen LogP contribution in [0.25, 0.3) is 0 Å². The summed E-state index contributed by atoms with van der Waals surface area (Å²) in [6, 6.07) is 0. The van der Waals surface area contributed by atoms with Gasteiger partial charge in [-0.2, -0.15) is 0 Å². The van der Waals surface area contributed by atoms with Gasteiger partial charge in [0.1, 0.15) is 6.61 Å². The zero-order valence-electron chi connectivity index (χ0n) is 29.9. The summed E-state index contributed by atoms with van der Waals surface area (Å²) in [5.74, 6) is -2.61. The average Bonchev–Trinajstić information content (AvgIpc) is 3.03. The molecule has 1 heterocycles. The lowest BCUT2D eigenvalue weighted by atomic mass is 9.33. The molecule has 0 radical (unpaired) electrons. The SMILES string of the molecule is CC1(C)CC[C@]2(C(=O)O)CC[C@]3(C)C(=CC[C@@H]4[C@@]5(C)Cc6nccnc6[C@@](C)(COC(=O)C6CCCCC6C(=O)O)[C@@H]5CC[C@]43C)[C@@H]2C1. The van der Waals surface area contributed by atoms with E-state index >= 15 is 0 Å². The van der Waals surface area contributed by atoms with E-state index < -0.39 is 34.6 Å². The van der Waals surface area contributed by atoms with Gasteiger partial charge in [0.25, 0.3) is 0 Å². The van der Waals surface area contributed by atoms with Crippen molar-refractivity contribution in [3.63, 3.8) is 0 Å². The number of allylic oxidation sites excluding steroid dienone is 2. The molecule has 0 spiro atoms. The summed E-state index contributed by atoms with van der Waals surface area (Å²) in [6.45, 7) is 14.4. The van der Waals surface area contributed by atoms with Crippen molar-refractivity contribution in [1.82, 2.24) is 9.97 Å². The Morgan fingerprint density at radius 2 is 1.54 bits per heavy atom. The molecule has 8 heteroatoms. The predicted molar refractivity (Wildman–Crippen MR) is 181 cm³/mol. The van der Waals surface area contributed by atoms with E-state index in [4.69, 9.17) is 14.7 Å². The van der Waals surface area contributed by atoms with Crippen LogP contribution in [0.1, 0.15) is 130 Å². The smallest absolute Gasteiger partial charge is 0.310 e. The van der Waals surface area contributed by atoms with Crippen LogP contribution in [0.2, 0.25) is 0 Å². The van der Waals surface area contributed by atoms with Crippen LogP contribution in [0.5, 0.6) is 0 Å². The minimum Gasteiger partial charge on any atom is -0.481 e. The number of rotatable bonds is 5. The second-order valence-corrected chi connectivity index (χ2v) is 18.6. The molecule has 7 rings (SSSR count). The van der Waals surface area contributed by atoms with Gasteiger partial charge in [-0.15, -0.1) is 0 Å². The molecular formula is C40H56N2O6. The maximum Gasteiger partial charge on any atom is 0.310 e. The maximum atomic E-state index is 13.6. The summed E-state index contributed by atoms with van der Waals surface area (Å²) in [5.41, 5.74) is 1.92. The Kier molecular flexibility index (Phi) is 7.81. The molecule has 48 heavy (non-hydrogen) atoms. The Balaban J connectivity index is 1.25. The zero-order chi connectivity index (χ0) is 34.5. The zero-order valence-corrected chi connectivity index (χ0v) is 29.9. The molecule has 1 aromatic heterocycles. The lowest BCUT2D eigenvalue weighted by Gasteiger charge is -2.70. The van der Waals surface area contributed by atoms with Crippen molar-refractivity contribution >= 4 is 17.9 Å². The summed E-state index contributed by atoms with van der Waals surface area (Å²) in [6.07, 6.45) is 16.7. The third-order valence-corrected chi connectivity index (χ3v) is 15.9. The van der Waals surface area contributed by atoms with Gasteiger partial charge in [0.15, 0.2) is 0 Å². The topological polar surface area (TPSA) is 127 Å². The Morgan fingerprint density at radius 1 is 0.854 bits per heavy atom. The van der Waals surface area contributed by atoms with Gasteiger partial charge in [0.05, 0.1) is 28.6 Å². The Labute approximate surface area is 285 Å². The Bertz CT molecular complexity index is 1550. The largest absolute Gasteiger partial charge is 0.481 e. The maximum absolute atomic E-state index is 13.6. The monoisotopic (exact) mass is 660 g/mol. The minimum atomic E-state index is -0.908. The minimum absolute atomic E-state index is 0.0251. The van der Waals surface area contributed by atoms with E-state index in [1.165, 1.54) is 5.57 Å². The van der Waals surface area contributed by atoms with E-state index in [9.17, 15) is 24.6 Å². The highest BCUT2D eigenvalue weighted by Crippen LogP contribution is 2.75. The fourth-order valence-corrected chi connectivity index (χ4v) is 13.0. The van der Waals surface area contributed by atoms with E-state index in [2.05, 4.69) is 47.6 Å². The van der Waals surface area contributed by atoms with E-state index in [0.29, 0.717) is 18.8 Å². The average molecular weight is 661 g/mol. The van der Waals surface area contributed by atoms with Crippen LogP contribution in [-0.2, 0) is 31.0 Å². The van der Waals surface area contributed by atoms with Crippen LogP contribution in [0.15, 0.2) is 24.0 Å². The number of hydrogen-bond donors (Lipinski definition) is 2. The number of nitrogens with zero attached hydrogens (tertiary/aromatic N) is 2. The van der Waals surface area contributed by atoms with Gasteiger partial charge in [-0.25, -0.2) is 0 Å². The third kappa shape index (κ3) is 4.62. The van der Waals surface area contributed by atoms with Crippen molar-refractivity contribution in [2.24, 2.45) is 56.7 Å². The molecule has 262 valence electrons. The number of carbonyl (C=O) groups excluding carboxylic acids is 1. The van der Waals surface area contributed by atoms with Gasteiger partial charge in [-0.1, -0.05) is 66.0 Å². The van der Waals surface area contributed by atoms with Crippen LogP contribution in [0, 0.1) is 56.7 Å². The first-order valence-corrected chi connectivity index (χ1v) is 18.7. The highest BCUT2D eigenvalue weighted by atomic mass is 16.5. The lowest BCUT2D eigenvalue weighted by Crippen LogP contribution is -2.65. The molecule has 6 aliphatic carbocycles. The lowest BCUT2D eigenvalue weighted by molar-refractivity contribution is -0.182. The molecule has 0 aromatic carbocycles. The third-order valence-electron chi connectivity index (χ3n) is 15.9. The Morgan fingerprint density at radius 3 is 2.25 bits per heavy atom. The van der Waals surface area contributed by atoms with Gasteiger partial charge in [0.2, 0.25) is 0 Å². The highest BCUT2D eigenvalue weighted by Gasteiger charge is 2.70. The van der Waals surface area contributed by atoms with Crippen molar-refractivity contribution in [3.8, 4) is 0 Å². The number of aromatic nitrogens is 2. The number of carboxylic acids is 2. The molecule has 0 bridgehead atoms. The number of esters is 1. The highest BCUT2D eigenvalue weighted by molar-refractivity contribution is 5.81. The molecule has 6 aliphatic rings. The molecule has 8 nitrogen and oxygen atoms in total. The van der Waals surface area contributed by atoms with Crippen molar-refractivity contribution < 1.29 is 29.3 Å². The van der Waals surface area contributed by atoms with Crippen molar-refractivity contribution in [3.05, 3.63) is 35.4 Å². The second kappa shape index (κ2) is 11.1. The number of carbonyl (C=O) groups is 3. The van der Waals surface area contributed by atoms with E-state index in [-0.39, 0.29) is 46.1 Å². The summed E-state index contributed by atoms with van der Waals surface area (Å²) in [4.78, 5) is 48.5. The van der Waals surface area contributed by atoms with E-state index in [1.54, 1.807) is 12.4 Å². The van der Waals surface area contributed by atoms with E-state index in [1.807, 2.05) is 0 Å². The van der Waals surface area contributed by atoms with Gasteiger partial charge >= 0.3 is 17.9 Å². The summed E-state index contributed by atoms with van der Waals surface area (Å²) >= 11 is 0. The van der Waals surface area contributed by atoms with E-state index in [0.717, 1.165) is 82.0 Å². The molecule has 0 saturated heterocycles. The van der Waals surface area contributed by atoms with Gasteiger partial charge in [0, 0.05) is 17.8 Å². The number of aliphatic carboxylic acids is 2. The Hall–Kier alpha value is -2.77. The number of hydrogen-bond acceptors (Lipinski definition) is 6. The first-order chi connectivity index (χ1) is 22.5. The summed E-state index contributed by atoms with van der Waals surface area (Å²) < 4.78 is 6.20. The molecule has 0 aliphatic heterocycles. The standard InChI is InChI=1S/C40H56N2O6/c1-35(2)15-17-40(34(46)47)18-16-38(5)26(27(40)21-35)11-12-30-36(3)22-28-31(42-20-19-41-28)37(4,29(36)13-14-39(30,38)6)23-48-33(45)25-10-8-7-9-24(25)32(43)44/h11,19-20,24-25,27,29-30H,7-10,12-18,21-23H2,1-6H3,(H,43,44)(H,46,47)/t24?,25?,27-,29+,30+,36-,37-,38+,39+,40-/m0/s1. The van der Waals surface area contributed by atoms with Crippen molar-refractivity contribution in [2.45, 2.75) is 130 Å². The van der Waals surface area contributed by atoms with Crippen LogP contribution >= 0.6 is 0 Å². The molecule has 2 unspecified atom stereocenters. The fourth-order valence-electron chi connectivity index (χ4n) is 13.0. The molecule has 1 aromatic rings. The first-order valence-electron chi connectivity index (χ1n) is 18.7. The molecule has 2 N–H and O–H groups in total. The quantitative estimate of drug-likeness (QED) is 0.242. The van der Waals surface area contributed by atoms with Gasteiger partial charge in [-0.05, 0) is 110 Å². The molecule has 4 saturated carbocycles. The van der Waals surface area contributed by atoms with Crippen LogP contribution in [0.3, 0.4) is 0 Å². The first kappa shape index (κ1) is 33.7. The molecular weight excluding hydrogens is 604 g/mol. The summed E-state index contributed by atoms with van der Waals surface area (Å²) in [7, 11) is 0. The van der Waals surface area contributed by atoms with Crippen LogP contribution in [-0.4, -0.2) is 44.7 Å². The number of ether oxygens (including phenoxy) is 1. The fraction of sp³-hybridized carbons (Fsp3) is 0.775. The molecule has 10 atom stereocenters. The van der Waals surface area contributed by atoms with Crippen molar-refractivity contribution in [2.75, 3.05) is 6.61 Å². The van der Waals surface area contributed by atoms with Crippen LogP contribution in [0.4, 0.5) is 0 Å². The van der Waals surface area contributed by atoms with Crippen LogP contribution < -0.4 is 0 Å². The number of fused-ring (bicyclic) bond motifs is 8. The normalized spacial score (nSPS) is 44.4. The van der Waals surface area contributed by atoms with Gasteiger partial charge < -0.3 is 14.9 Å². The molecule has 0 amide bonds. The second-order valence-electron chi connectivity index (χ2n) is 18.6. The molecule has 4 fully saturated rings. The predicted octanol–water partition coefficient (Wildman–Crippen LogP) is 7.79. The van der Waals surface area contributed by atoms with Crippen molar-refractivity contribution in [1.29, 1.82) is 0 Å².